The van der Waals surface area contributed by atoms with Gasteiger partial charge in [0.25, 0.3) is 0 Å². The molecule has 104 valence electrons. The molecule has 0 atom stereocenters. The van der Waals surface area contributed by atoms with Crippen LogP contribution in [0.15, 0.2) is 30.5 Å². The first-order chi connectivity index (χ1) is 9.77. The number of benzene rings is 1. The van der Waals surface area contributed by atoms with Gasteiger partial charge in [-0.05, 0) is 24.1 Å². The van der Waals surface area contributed by atoms with E-state index in [0.29, 0.717) is 19.0 Å². The smallest absolute Gasteiger partial charge is 0.172 e. The Morgan fingerprint density at radius 2 is 2.05 bits per heavy atom. The van der Waals surface area contributed by atoms with Crippen molar-refractivity contribution in [2.45, 2.75) is 25.0 Å². The van der Waals surface area contributed by atoms with Crippen LogP contribution in [-0.2, 0) is 9.47 Å². The van der Waals surface area contributed by atoms with Gasteiger partial charge >= 0.3 is 0 Å². The molecule has 0 radical (unpaired) electrons. The molecular formula is C16H17NO3. The lowest BCUT2D eigenvalue weighted by atomic mass is 9.89. The summed E-state index contributed by atoms with van der Waals surface area (Å²) < 4.78 is 11.5. The predicted molar refractivity (Wildman–Crippen MR) is 76.4 cm³/mol. The standard InChI is InChI=1S/C16H17NO3/c18-14-3-1-2-13-15(14)12(10-17-13)11-4-6-16(7-5-11)19-8-9-20-16/h1-4,10,17-18H,5-9H2. The summed E-state index contributed by atoms with van der Waals surface area (Å²) in [7, 11) is 0. The number of ether oxygens (including phenoxy) is 2. The molecule has 0 saturated carbocycles. The van der Waals surface area contributed by atoms with Gasteiger partial charge in [0.2, 0.25) is 0 Å². The zero-order chi connectivity index (χ0) is 13.6. The molecule has 1 spiro atoms. The highest BCUT2D eigenvalue weighted by molar-refractivity contribution is 5.96. The lowest BCUT2D eigenvalue weighted by molar-refractivity contribution is -0.159. The molecule has 2 aliphatic rings. The number of hydrogen-bond acceptors (Lipinski definition) is 3. The van der Waals surface area contributed by atoms with Crippen molar-refractivity contribution < 1.29 is 14.6 Å². The maximum Gasteiger partial charge on any atom is 0.172 e. The first kappa shape index (κ1) is 12.0. The number of aromatic nitrogens is 1. The summed E-state index contributed by atoms with van der Waals surface area (Å²) in [6.45, 7) is 1.38. The molecule has 20 heavy (non-hydrogen) atoms. The van der Waals surface area contributed by atoms with E-state index in [4.69, 9.17) is 9.47 Å². The van der Waals surface area contributed by atoms with Gasteiger partial charge in [-0.2, -0.15) is 0 Å². The van der Waals surface area contributed by atoms with Crippen LogP contribution in [0.4, 0.5) is 0 Å². The molecule has 0 unspecified atom stereocenters. The predicted octanol–water partition coefficient (Wildman–Crippen LogP) is 3.18. The van der Waals surface area contributed by atoms with E-state index < -0.39 is 5.79 Å². The molecule has 2 aromatic rings. The van der Waals surface area contributed by atoms with E-state index in [9.17, 15) is 5.11 Å². The van der Waals surface area contributed by atoms with Crippen LogP contribution < -0.4 is 0 Å². The number of fused-ring (bicyclic) bond motifs is 1. The van der Waals surface area contributed by atoms with Crippen molar-refractivity contribution in [2.24, 2.45) is 0 Å². The molecule has 1 fully saturated rings. The van der Waals surface area contributed by atoms with Crippen LogP contribution in [-0.4, -0.2) is 29.1 Å². The number of rotatable bonds is 1. The van der Waals surface area contributed by atoms with Crippen molar-refractivity contribution in [1.82, 2.24) is 4.98 Å². The minimum atomic E-state index is -0.391. The summed E-state index contributed by atoms with van der Waals surface area (Å²) in [6.07, 6.45) is 6.72. The Balaban J connectivity index is 1.72. The topological polar surface area (TPSA) is 54.5 Å². The van der Waals surface area contributed by atoms with Crippen LogP contribution >= 0.6 is 0 Å². The molecular weight excluding hydrogens is 254 g/mol. The quantitative estimate of drug-likeness (QED) is 0.837. The Morgan fingerprint density at radius 3 is 2.80 bits per heavy atom. The summed E-state index contributed by atoms with van der Waals surface area (Å²) in [5, 5.41) is 11.0. The van der Waals surface area contributed by atoms with Crippen molar-refractivity contribution in [2.75, 3.05) is 13.2 Å². The second kappa shape index (κ2) is 4.36. The van der Waals surface area contributed by atoms with E-state index in [-0.39, 0.29) is 0 Å². The third-order valence-corrected chi connectivity index (χ3v) is 4.28. The van der Waals surface area contributed by atoms with Crippen molar-refractivity contribution in [1.29, 1.82) is 0 Å². The van der Waals surface area contributed by atoms with Crippen LogP contribution in [0.3, 0.4) is 0 Å². The minimum Gasteiger partial charge on any atom is -0.507 e. The third kappa shape index (κ3) is 1.76. The first-order valence-electron chi connectivity index (χ1n) is 7.04. The monoisotopic (exact) mass is 271 g/mol. The average Bonchev–Trinajstić information content (AvgIpc) is 3.08. The van der Waals surface area contributed by atoms with Gasteiger partial charge in [0, 0.05) is 35.5 Å². The van der Waals surface area contributed by atoms with Crippen molar-refractivity contribution in [3.63, 3.8) is 0 Å². The number of hydrogen-bond donors (Lipinski definition) is 2. The fraction of sp³-hybridized carbons (Fsp3) is 0.375. The third-order valence-electron chi connectivity index (χ3n) is 4.28. The molecule has 2 heterocycles. The van der Waals surface area contributed by atoms with Gasteiger partial charge in [-0.1, -0.05) is 12.1 Å². The summed E-state index contributed by atoms with van der Waals surface area (Å²) in [5.74, 6) is -0.0641. The van der Waals surface area contributed by atoms with Gasteiger partial charge in [-0.25, -0.2) is 0 Å². The fourth-order valence-corrected chi connectivity index (χ4v) is 3.23. The second-order valence-corrected chi connectivity index (χ2v) is 5.44. The normalized spacial score (nSPS) is 21.5. The van der Waals surface area contributed by atoms with Crippen LogP contribution in [0.25, 0.3) is 16.5 Å². The molecule has 1 aromatic carbocycles. The number of allylic oxidation sites excluding steroid dienone is 1. The van der Waals surface area contributed by atoms with Gasteiger partial charge in [0.15, 0.2) is 5.79 Å². The number of aromatic hydroxyl groups is 1. The van der Waals surface area contributed by atoms with Gasteiger partial charge < -0.3 is 19.6 Å². The highest BCUT2D eigenvalue weighted by atomic mass is 16.7. The zero-order valence-electron chi connectivity index (χ0n) is 11.2. The minimum absolute atomic E-state index is 0.327. The second-order valence-electron chi connectivity index (χ2n) is 5.44. The van der Waals surface area contributed by atoms with Gasteiger partial charge in [-0.15, -0.1) is 0 Å². The van der Waals surface area contributed by atoms with Gasteiger partial charge in [0.1, 0.15) is 5.75 Å². The van der Waals surface area contributed by atoms with Crippen LogP contribution in [0.5, 0.6) is 5.75 Å². The molecule has 4 rings (SSSR count). The summed E-state index contributed by atoms with van der Waals surface area (Å²) in [5.41, 5.74) is 3.31. The number of phenolic OH excluding ortho intramolecular Hbond substituents is 1. The maximum absolute atomic E-state index is 10.1. The molecule has 4 nitrogen and oxygen atoms in total. The van der Waals surface area contributed by atoms with E-state index in [1.54, 1.807) is 6.07 Å². The highest BCUT2D eigenvalue weighted by Gasteiger charge is 2.37. The Morgan fingerprint density at radius 1 is 1.20 bits per heavy atom. The molecule has 1 aliphatic heterocycles. The van der Waals surface area contributed by atoms with E-state index in [2.05, 4.69) is 11.1 Å². The molecule has 1 saturated heterocycles. The van der Waals surface area contributed by atoms with Gasteiger partial charge in [0.05, 0.1) is 13.2 Å². The number of phenols is 1. The lowest BCUT2D eigenvalue weighted by Gasteiger charge is -2.30. The largest absolute Gasteiger partial charge is 0.507 e. The van der Waals surface area contributed by atoms with E-state index >= 15 is 0 Å². The van der Waals surface area contributed by atoms with Crippen molar-refractivity contribution in [3.8, 4) is 5.75 Å². The SMILES string of the molecule is Oc1cccc2[nH]cc(C3=CCC4(CC3)OCCO4)c12. The average molecular weight is 271 g/mol. The van der Waals surface area contributed by atoms with Crippen LogP contribution in [0.1, 0.15) is 24.8 Å². The first-order valence-corrected chi connectivity index (χ1v) is 7.04. The molecule has 4 heteroatoms. The van der Waals surface area contributed by atoms with Crippen LogP contribution in [0, 0.1) is 0 Å². The van der Waals surface area contributed by atoms with Crippen molar-refractivity contribution >= 4 is 16.5 Å². The Kier molecular flexibility index (Phi) is 2.62. The summed E-state index contributed by atoms with van der Waals surface area (Å²) >= 11 is 0. The molecule has 0 bridgehead atoms. The zero-order valence-corrected chi connectivity index (χ0v) is 11.2. The number of nitrogens with one attached hydrogen (secondary N) is 1. The molecule has 1 aromatic heterocycles. The lowest BCUT2D eigenvalue weighted by Crippen LogP contribution is -2.31. The Labute approximate surface area is 117 Å². The van der Waals surface area contributed by atoms with E-state index in [0.717, 1.165) is 35.7 Å². The van der Waals surface area contributed by atoms with Crippen LogP contribution in [0.2, 0.25) is 0 Å². The summed E-state index contributed by atoms with van der Waals surface area (Å²) in [4.78, 5) is 3.22. The number of aromatic amines is 1. The summed E-state index contributed by atoms with van der Waals surface area (Å²) in [6, 6.07) is 5.56. The molecule has 0 amide bonds. The Hall–Kier alpha value is -1.78. The van der Waals surface area contributed by atoms with Gasteiger partial charge in [-0.3, -0.25) is 0 Å². The molecule has 2 N–H and O–H groups in total. The number of H-pyrrole nitrogens is 1. The van der Waals surface area contributed by atoms with E-state index in [1.807, 2.05) is 18.3 Å². The van der Waals surface area contributed by atoms with Crippen molar-refractivity contribution in [3.05, 3.63) is 36.0 Å². The fourth-order valence-electron chi connectivity index (χ4n) is 3.23. The maximum atomic E-state index is 10.1. The highest BCUT2D eigenvalue weighted by Crippen LogP contribution is 2.41. The van der Waals surface area contributed by atoms with E-state index in [1.165, 1.54) is 5.57 Å². The Bertz CT molecular complexity index is 680. The molecule has 1 aliphatic carbocycles.